The van der Waals surface area contributed by atoms with Gasteiger partial charge in [0.1, 0.15) is 11.4 Å². The lowest BCUT2D eigenvalue weighted by atomic mass is 9.85. The summed E-state index contributed by atoms with van der Waals surface area (Å²) >= 11 is 0. The molecule has 2 aromatic carbocycles. The summed E-state index contributed by atoms with van der Waals surface area (Å²) in [6, 6.07) is 16.0. The molecule has 32 heavy (non-hydrogen) atoms. The number of Topliss-reactive ketones (excluding diaryl/α,β-unsaturated/α-hetero) is 1. The minimum absolute atomic E-state index is 0. The third-order valence-corrected chi connectivity index (χ3v) is 6.69. The van der Waals surface area contributed by atoms with E-state index in [4.69, 9.17) is 0 Å². The number of ketones is 1. The number of likely N-dealkylation sites (tertiary alicyclic amines) is 1. The fourth-order valence-electron chi connectivity index (χ4n) is 4.83. The summed E-state index contributed by atoms with van der Waals surface area (Å²) in [7, 11) is 0. The molecule has 2 saturated heterocycles. The summed E-state index contributed by atoms with van der Waals surface area (Å²) in [5.74, 6) is -0.0373. The molecule has 0 atom stereocenters. The molecule has 7 heteroatoms. The molecule has 0 radical (unpaired) electrons. The van der Waals surface area contributed by atoms with E-state index in [0.29, 0.717) is 18.7 Å². The highest BCUT2D eigenvalue weighted by atomic mass is 35.5. The Kier molecular flexibility index (Phi) is 7.91. The van der Waals surface area contributed by atoms with Gasteiger partial charge in [0.2, 0.25) is 5.91 Å². The summed E-state index contributed by atoms with van der Waals surface area (Å²) < 4.78 is 13.0. The van der Waals surface area contributed by atoms with E-state index < -0.39 is 5.54 Å². The lowest BCUT2D eigenvalue weighted by Gasteiger charge is -2.43. The third kappa shape index (κ3) is 4.81. The number of nitrogens with zero attached hydrogens (tertiary/aromatic N) is 3. The van der Waals surface area contributed by atoms with Crippen LogP contribution in [-0.4, -0.2) is 59.9 Å². The molecule has 2 aliphatic heterocycles. The van der Waals surface area contributed by atoms with E-state index in [0.717, 1.165) is 51.1 Å². The van der Waals surface area contributed by atoms with Gasteiger partial charge < -0.3 is 14.7 Å². The van der Waals surface area contributed by atoms with Gasteiger partial charge in [0, 0.05) is 37.3 Å². The zero-order valence-electron chi connectivity index (χ0n) is 18.5. The topological polar surface area (TPSA) is 43.9 Å². The van der Waals surface area contributed by atoms with Crippen LogP contribution in [0.25, 0.3) is 0 Å². The van der Waals surface area contributed by atoms with Crippen LogP contribution >= 0.6 is 12.4 Å². The Balaban J connectivity index is 0.00000289. The number of likely N-dealkylation sites (N-methyl/N-ethyl adjacent to an activating group) is 1. The number of piperidine rings is 1. The van der Waals surface area contributed by atoms with E-state index in [-0.39, 0.29) is 29.9 Å². The van der Waals surface area contributed by atoms with Crippen LogP contribution in [0, 0.1) is 5.82 Å². The quantitative estimate of drug-likeness (QED) is 0.577. The Morgan fingerprint density at radius 3 is 2.31 bits per heavy atom. The maximum Gasteiger partial charge on any atom is 0.250 e. The van der Waals surface area contributed by atoms with E-state index >= 15 is 0 Å². The second-order valence-corrected chi connectivity index (χ2v) is 8.47. The van der Waals surface area contributed by atoms with Crippen molar-refractivity contribution in [3.05, 3.63) is 66.0 Å². The molecule has 5 nitrogen and oxygen atoms in total. The molecular weight excluding hydrogens is 429 g/mol. The number of benzene rings is 2. The van der Waals surface area contributed by atoms with Crippen LogP contribution in [0.15, 0.2) is 54.6 Å². The van der Waals surface area contributed by atoms with Gasteiger partial charge in [-0.2, -0.15) is 0 Å². The molecule has 2 fully saturated rings. The van der Waals surface area contributed by atoms with Crippen molar-refractivity contribution in [2.24, 2.45) is 0 Å². The van der Waals surface area contributed by atoms with Crippen LogP contribution in [0.1, 0.15) is 43.0 Å². The smallest absolute Gasteiger partial charge is 0.250 e. The van der Waals surface area contributed by atoms with Crippen LogP contribution in [0.2, 0.25) is 0 Å². The molecule has 2 aliphatic rings. The minimum Gasteiger partial charge on any atom is -0.339 e. The van der Waals surface area contributed by atoms with Gasteiger partial charge in [0.05, 0.1) is 6.67 Å². The molecule has 4 rings (SSSR count). The van der Waals surface area contributed by atoms with Gasteiger partial charge in [-0.25, -0.2) is 4.39 Å². The van der Waals surface area contributed by atoms with Crippen LogP contribution < -0.4 is 4.90 Å². The lowest BCUT2D eigenvalue weighted by Crippen LogP contribution is -2.56. The van der Waals surface area contributed by atoms with Crippen molar-refractivity contribution in [2.75, 3.05) is 37.7 Å². The normalized spacial score (nSPS) is 18.1. The molecule has 0 bridgehead atoms. The highest BCUT2D eigenvalue weighted by molar-refractivity contribution is 5.96. The van der Waals surface area contributed by atoms with Gasteiger partial charge in [-0.1, -0.05) is 18.2 Å². The van der Waals surface area contributed by atoms with Gasteiger partial charge in [0.15, 0.2) is 5.78 Å². The predicted molar refractivity (Wildman–Crippen MR) is 127 cm³/mol. The number of amides is 1. The van der Waals surface area contributed by atoms with Gasteiger partial charge in [-0.05, 0) is 69.1 Å². The fourth-order valence-corrected chi connectivity index (χ4v) is 4.83. The van der Waals surface area contributed by atoms with Crippen molar-refractivity contribution < 1.29 is 14.0 Å². The highest BCUT2D eigenvalue weighted by Crippen LogP contribution is 2.39. The molecule has 1 amide bonds. The van der Waals surface area contributed by atoms with E-state index in [1.54, 1.807) is 12.1 Å². The molecule has 0 unspecified atom stereocenters. The van der Waals surface area contributed by atoms with E-state index in [9.17, 15) is 14.0 Å². The Morgan fingerprint density at radius 2 is 1.69 bits per heavy atom. The Labute approximate surface area is 195 Å². The summed E-state index contributed by atoms with van der Waals surface area (Å²) in [6.45, 7) is 5.92. The second kappa shape index (κ2) is 10.5. The van der Waals surface area contributed by atoms with Crippen LogP contribution in [0.4, 0.5) is 10.1 Å². The van der Waals surface area contributed by atoms with Crippen molar-refractivity contribution in [3.8, 4) is 0 Å². The first-order chi connectivity index (χ1) is 15.0. The fraction of sp³-hybridized carbons (Fsp3) is 0.440. The maximum absolute atomic E-state index is 13.3. The standard InChI is InChI=1S/C25H30FN3O2.ClH/c1-2-28-19-29(22-7-4-3-5-8-22)25(24(28)31)14-17-27(18-15-25)16-6-9-23(30)20-10-12-21(26)13-11-20;/h3-5,7-8,10-13H,2,6,9,14-19H2,1H3;1H. The molecule has 0 saturated carbocycles. The average Bonchev–Trinajstić information content (AvgIpc) is 3.07. The van der Waals surface area contributed by atoms with Gasteiger partial charge >= 0.3 is 0 Å². The first-order valence-electron chi connectivity index (χ1n) is 11.2. The summed E-state index contributed by atoms with van der Waals surface area (Å²) in [5, 5.41) is 0. The maximum atomic E-state index is 13.3. The van der Waals surface area contributed by atoms with Crippen molar-refractivity contribution >= 4 is 29.8 Å². The van der Waals surface area contributed by atoms with E-state index in [1.807, 2.05) is 30.0 Å². The number of halogens is 2. The van der Waals surface area contributed by atoms with Crippen LogP contribution in [0.5, 0.6) is 0 Å². The SMILES string of the molecule is CCN1CN(c2ccccc2)C2(CCN(CCCC(=O)c3ccc(F)cc3)CC2)C1=O.Cl. The number of hydrogen-bond donors (Lipinski definition) is 0. The lowest BCUT2D eigenvalue weighted by molar-refractivity contribution is -0.133. The summed E-state index contributed by atoms with van der Waals surface area (Å²) in [6.07, 6.45) is 2.80. The number of rotatable bonds is 7. The molecular formula is C25H31ClFN3O2. The zero-order chi connectivity index (χ0) is 21.8. The first kappa shape index (κ1) is 24.2. The third-order valence-electron chi connectivity index (χ3n) is 6.69. The monoisotopic (exact) mass is 459 g/mol. The molecule has 0 aliphatic carbocycles. The molecule has 0 N–H and O–H groups in total. The number of para-hydroxylation sites is 1. The highest BCUT2D eigenvalue weighted by Gasteiger charge is 2.53. The number of hydrogen-bond acceptors (Lipinski definition) is 4. The predicted octanol–water partition coefficient (Wildman–Crippen LogP) is 4.37. The Morgan fingerprint density at radius 1 is 1.03 bits per heavy atom. The second-order valence-electron chi connectivity index (χ2n) is 8.47. The van der Waals surface area contributed by atoms with Gasteiger partial charge in [-0.15, -0.1) is 12.4 Å². The van der Waals surface area contributed by atoms with Crippen LogP contribution in [-0.2, 0) is 4.79 Å². The van der Waals surface area contributed by atoms with E-state index in [2.05, 4.69) is 21.9 Å². The number of carbonyl (C=O) groups excluding carboxylic acids is 2. The molecule has 2 aromatic rings. The number of anilines is 1. The van der Waals surface area contributed by atoms with Crippen molar-refractivity contribution in [1.82, 2.24) is 9.80 Å². The summed E-state index contributed by atoms with van der Waals surface area (Å²) in [5.41, 5.74) is 1.21. The zero-order valence-corrected chi connectivity index (χ0v) is 19.3. The van der Waals surface area contributed by atoms with Gasteiger partial charge in [-0.3, -0.25) is 9.59 Å². The summed E-state index contributed by atoms with van der Waals surface area (Å²) in [4.78, 5) is 32.2. The van der Waals surface area contributed by atoms with Crippen LogP contribution in [0.3, 0.4) is 0 Å². The molecule has 0 aromatic heterocycles. The number of carbonyl (C=O) groups is 2. The minimum atomic E-state index is -0.461. The average molecular weight is 460 g/mol. The van der Waals surface area contributed by atoms with Crippen molar-refractivity contribution in [3.63, 3.8) is 0 Å². The van der Waals surface area contributed by atoms with E-state index in [1.165, 1.54) is 12.1 Å². The largest absolute Gasteiger partial charge is 0.339 e. The molecule has 2 heterocycles. The molecule has 1 spiro atoms. The van der Waals surface area contributed by atoms with Crippen molar-refractivity contribution in [2.45, 2.75) is 38.1 Å². The Bertz CT molecular complexity index is 915. The Hall–Kier alpha value is -2.44. The molecule has 172 valence electrons. The first-order valence-corrected chi connectivity index (χ1v) is 11.2. The van der Waals surface area contributed by atoms with Crippen molar-refractivity contribution in [1.29, 1.82) is 0 Å². The van der Waals surface area contributed by atoms with Gasteiger partial charge in [0.25, 0.3) is 0 Å².